The van der Waals surface area contributed by atoms with Gasteiger partial charge >= 0.3 is 5.69 Å². The Morgan fingerprint density at radius 2 is 2.00 bits per heavy atom. The van der Waals surface area contributed by atoms with Crippen LogP contribution in [0.5, 0.6) is 0 Å². The van der Waals surface area contributed by atoms with E-state index < -0.39 is 11.2 Å². The van der Waals surface area contributed by atoms with Crippen molar-refractivity contribution in [2.24, 2.45) is 7.05 Å². The van der Waals surface area contributed by atoms with Crippen LogP contribution < -0.4 is 11.2 Å². The molecule has 3 aromatic rings. The van der Waals surface area contributed by atoms with Gasteiger partial charge in [-0.15, -0.1) is 0 Å². The van der Waals surface area contributed by atoms with Gasteiger partial charge in [0, 0.05) is 22.9 Å². The van der Waals surface area contributed by atoms with E-state index in [0.29, 0.717) is 38.7 Å². The summed E-state index contributed by atoms with van der Waals surface area (Å²) in [5, 5.41) is 1.96. The summed E-state index contributed by atoms with van der Waals surface area (Å²) in [5.74, 6) is 0.602. The fraction of sp³-hybridized carbons (Fsp3) is 0.235. The van der Waals surface area contributed by atoms with Crippen molar-refractivity contribution in [1.29, 1.82) is 0 Å². The van der Waals surface area contributed by atoms with Gasteiger partial charge in [0.05, 0.1) is 6.54 Å². The highest BCUT2D eigenvalue weighted by molar-refractivity contribution is 7.99. The van der Waals surface area contributed by atoms with Crippen molar-refractivity contribution in [2.45, 2.75) is 18.6 Å². The van der Waals surface area contributed by atoms with Crippen LogP contribution in [-0.4, -0.2) is 24.9 Å². The number of halogens is 2. The summed E-state index contributed by atoms with van der Waals surface area (Å²) in [7, 11) is 1.58. The van der Waals surface area contributed by atoms with Gasteiger partial charge in [-0.2, -0.15) is 0 Å². The lowest BCUT2D eigenvalue weighted by atomic mass is 10.2. The third kappa shape index (κ3) is 3.90. The van der Waals surface area contributed by atoms with Crippen LogP contribution >= 0.6 is 35.0 Å². The Bertz CT molecular complexity index is 1090. The predicted octanol–water partition coefficient (Wildman–Crippen LogP) is 3.36. The Kier molecular flexibility index (Phi) is 5.60. The van der Waals surface area contributed by atoms with E-state index in [0.717, 1.165) is 5.56 Å². The number of allylic oxidation sites excluding steroid dienone is 1. The maximum Gasteiger partial charge on any atom is 0.329 e. The van der Waals surface area contributed by atoms with Gasteiger partial charge in [0.1, 0.15) is 0 Å². The number of aryl methyl sites for hydroxylation is 1. The van der Waals surface area contributed by atoms with Crippen molar-refractivity contribution in [3.8, 4) is 0 Å². The van der Waals surface area contributed by atoms with Gasteiger partial charge in [-0.05, 0) is 24.6 Å². The van der Waals surface area contributed by atoms with Gasteiger partial charge in [-0.1, -0.05) is 53.2 Å². The van der Waals surface area contributed by atoms with Crippen LogP contribution in [0, 0.1) is 0 Å². The Labute approximate surface area is 163 Å². The summed E-state index contributed by atoms with van der Waals surface area (Å²) in [4.78, 5) is 31.1. The van der Waals surface area contributed by atoms with Crippen molar-refractivity contribution in [2.75, 3.05) is 5.75 Å². The van der Waals surface area contributed by atoms with Gasteiger partial charge in [0.15, 0.2) is 16.3 Å². The van der Waals surface area contributed by atoms with Crippen LogP contribution in [-0.2, 0) is 13.6 Å². The molecule has 0 amide bonds. The number of nitrogens with zero attached hydrogens (tertiary/aromatic N) is 3. The minimum Gasteiger partial charge on any atom is -0.309 e. The molecule has 1 aromatic carbocycles. The summed E-state index contributed by atoms with van der Waals surface area (Å²) < 4.78 is 3.14. The molecule has 0 saturated carbocycles. The number of H-pyrrole nitrogens is 1. The van der Waals surface area contributed by atoms with Gasteiger partial charge in [0.25, 0.3) is 5.56 Å². The van der Waals surface area contributed by atoms with Crippen molar-refractivity contribution < 1.29 is 0 Å². The number of benzene rings is 1. The largest absolute Gasteiger partial charge is 0.329 e. The maximum absolute atomic E-state index is 12.4. The minimum absolute atomic E-state index is 0.349. The lowest BCUT2D eigenvalue weighted by molar-refractivity contribution is 0.728. The molecule has 2 heterocycles. The summed E-state index contributed by atoms with van der Waals surface area (Å²) in [6, 6.07) is 7.37. The first-order valence-corrected chi connectivity index (χ1v) is 9.50. The second-order valence-corrected chi connectivity index (χ2v) is 7.72. The Morgan fingerprint density at radius 1 is 1.31 bits per heavy atom. The number of hydrogen-bond donors (Lipinski definition) is 1. The molecule has 26 heavy (non-hydrogen) atoms. The Hall–Kier alpha value is -1.96. The third-order valence-electron chi connectivity index (χ3n) is 3.80. The molecule has 0 aliphatic rings. The first-order valence-electron chi connectivity index (χ1n) is 7.76. The molecule has 2 aromatic heterocycles. The van der Waals surface area contributed by atoms with Crippen LogP contribution in [0.1, 0.15) is 12.5 Å². The fourth-order valence-corrected chi connectivity index (χ4v) is 3.71. The molecule has 3 rings (SSSR count). The Balaban J connectivity index is 2.14. The standard InChI is InChI=1S/C17H16Cl2N4O2S/c1-10(18)7-8-26-17-20-14-13(15(24)21-16(25)22(14)2)23(17)9-11-3-5-12(19)6-4-11/h3-7H,8-9H2,1-2H3,(H,21,24,25)/b10-7-. The zero-order valence-electron chi connectivity index (χ0n) is 14.1. The summed E-state index contributed by atoms with van der Waals surface area (Å²) in [6.07, 6.45) is 1.86. The molecule has 0 saturated heterocycles. The number of nitrogens with one attached hydrogen (secondary N) is 1. The van der Waals surface area contributed by atoms with Crippen LogP contribution in [0.15, 0.2) is 50.1 Å². The molecule has 6 nitrogen and oxygen atoms in total. The van der Waals surface area contributed by atoms with E-state index in [4.69, 9.17) is 23.2 Å². The number of hydrogen-bond acceptors (Lipinski definition) is 4. The quantitative estimate of drug-likeness (QED) is 0.654. The molecule has 1 N–H and O–H groups in total. The van der Waals surface area contributed by atoms with Crippen LogP contribution in [0.2, 0.25) is 5.02 Å². The van der Waals surface area contributed by atoms with Crippen molar-refractivity contribution >= 4 is 46.1 Å². The normalized spacial score (nSPS) is 12.1. The highest BCUT2D eigenvalue weighted by Gasteiger charge is 2.17. The van der Waals surface area contributed by atoms with Gasteiger partial charge in [-0.25, -0.2) is 9.78 Å². The average Bonchev–Trinajstić information content (AvgIpc) is 2.94. The summed E-state index contributed by atoms with van der Waals surface area (Å²) >= 11 is 13.3. The lowest BCUT2D eigenvalue weighted by Crippen LogP contribution is -2.29. The molecule has 0 aliphatic carbocycles. The van der Waals surface area contributed by atoms with E-state index in [1.165, 1.54) is 16.3 Å². The molecular weight excluding hydrogens is 395 g/mol. The van der Waals surface area contributed by atoms with Crippen LogP contribution in [0.25, 0.3) is 11.2 Å². The fourth-order valence-electron chi connectivity index (χ4n) is 2.47. The second kappa shape index (κ2) is 7.73. The minimum atomic E-state index is -0.494. The summed E-state index contributed by atoms with van der Waals surface area (Å²) in [6.45, 7) is 2.23. The molecule has 0 unspecified atom stereocenters. The van der Waals surface area contributed by atoms with Crippen molar-refractivity contribution in [3.63, 3.8) is 0 Å². The number of aromatic nitrogens is 4. The van der Waals surface area contributed by atoms with Gasteiger partial charge < -0.3 is 4.57 Å². The second-order valence-electron chi connectivity index (χ2n) is 5.70. The maximum atomic E-state index is 12.4. The number of imidazole rings is 1. The molecule has 0 atom stereocenters. The molecule has 9 heteroatoms. The van der Waals surface area contributed by atoms with E-state index in [2.05, 4.69) is 9.97 Å². The SMILES string of the molecule is C/C(Cl)=C/CSc1nc2c(c(=O)[nH]c(=O)n2C)n1Cc1ccc(Cl)cc1. The Morgan fingerprint density at radius 3 is 2.65 bits per heavy atom. The van der Waals surface area contributed by atoms with E-state index in [9.17, 15) is 9.59 Å². The van der Waals surface area contributed by atoms with E-state index in [1.807, 2.05) is 18.2 Å². The molecule has 136 valence electrons. The van der Waals surface area contributed by atoms with Gasteiger partial charge in [-0.3, -0.25) is 14.3 Å². The molecule has 0 aliphatic heterocycles. The number of aromatic amines is 1. The molecule has 0 spiro atoms. The molecular formula is C17H16Cl2N4O2S. The smallest absolute Gasteiger partial charge is 0.309 e. The number of thioether (sulfide) groups is 1. The molecule has 0 bridgehead atoms. The third-order valence-corrected chi connectivity index (χ3v) is 5.11. The van der Waals surface area contributed by atoms with Crippen molar-refractivity contribution in [3.05, 3.63) is 66.8 Å². The van der Waals surface area contributed by atoms with E-state index in [1.54, 1.807) is 30.7 Å². The number of fused-ring (bicyclic) bond motifs is 1. The van der Waals surface area contributed by atoms with Crippen LogP contribution in [0.4, 0.5) is 0 Å². The van der Waals surface area contributed by atoms with Crippen LogP contribution in [0.3, 0.4) is 0 Å². The zero-order chi connectivity index (χ0) is 18.8. The number of rotatable bonds is 5. The zero-order valence-corrected chi connectivity index (χ0v) is 16.5. The highest BCUT2D eigenvalue weighted by Crippen LogP contribution is 2.24. The first-order chi connectivity index (χ1) is 12.4. The summed E-state index contributed by atoms with van der Waals surface area (Å²) in [5.41, 5.74) is 0.720. The topological polar surface area (TPSA) is 72.7 Å². The molecule has 0 radical (unpaired) electrons. The molecule has 0 fully saturated rings. The first kappa shape index (κ1) is 18.8. The van der Waals surface area contributed by atoms with Gasteiger partial charge in [0.2, 0.25) is 0 Å². The van der Waals surface area contributed by atoms with Crippen molar-refractivity contribution in [1.82, 2.24) is 19.1 Å². The van der Waals surface area contributed by atoms with E-state index in [-0.39, 0.29) is 0 Å². The highest BCUT2D eigenvalue weighted by atomic mass is 35.5. The lowest BCUT2D eigenvalue weighted by Gasteiger charge is -2.08. The average molecular weight is 411 g/mol. The van der Waals surface area contributed by atoms with E-state index >= 15 is 0 Å². The monoisotopic (exact) mass is 410 g/mol. The predicted molar refractivity (Wildman–Crippen MR) is 106 cm³/mol.